The van der Waals surface area contributed by atoms with Crippen molar-refractivity contribution >= 4 is 11.8 Å². The highest BCUT2D eigenvalue weighted by molar-refractivity contribution is 7.99. The molecule has 3 N–H and O–H groups in total. The molecule has 2 rings (SSSR count). The first-order valence-corrected chi connectivity index (χ1v) is 8.98. The molecule has 20 heavy (non-hydrogen) atoms. The zero-order valence-electron chi connectivity index (χ0n) is 13.4. The standard InChI is InChI=1S/C15H31N3OS/c1-5-14(2,18(3)4)13(17-16)12-6-8-19-15(10-12)7-9-20-11-15/h12-13,17H,5-11,16H2,1-4H3. The van der Waals surface area contributed by atoms with Crippen LogP contribution in [0.3, 0.4) is 0 Å². The summed E-state index contributed by atoms with van der Waals surface area (Å²) in [5, 5.41) is 0. The van der Waals surface area contributed by atoms with Crippen LogP contribution in [0.25, 0.3) is 0 Å². The summed E-state index contributed by atoms with van der Waals surface area (Å²) in [6.45, 7) is 5.46. The van der Waals surface area contributed by atoms with Gasteiger partial charge in [-0.15, -0.1) is 0 Å². The predicted octanol–water partition coefficient (Wildman–Crippen LogP) is 1.85. The third-order valence-electron chi connectivity index (χ3n) is 5.66. The number of nitrogens with two attached hydrogens (primary N) is 1. The van der Waals surface area contributed by atoms with Gasteiger partial charge in [-0.1, -0.05) is 6.92 Å². The summed E-state index contributed by atoms with van der Waals surface area (Å²) in [5.74, 6) is 8.97. The minimum Gasteiger partial charge on any atom is -0.374 e. The highest BCUT2D eigenvalue weighted by Crippen LogP contribution is 2.43. The molecular formula is C15H31N3OS. The highest BCUT2D eigenvalue weighted by atomic mass is 32.2. The van der Waals surface area contributed by atoms with Gasteiger partial charge in [-0.05, 0) is 58.4 Å². The van der Waals surface area contributed by atoms with Gasteiger partial charge in [0.1, 0.15) is 0 Å². The maximum Gasteiger partial charge on any atom is 0.0783 e. The summed E-state index contributed by atoms with van der Waals surface area (Å²) in [7, 11) is 4.32. The maximum absolute atomic E-state index is 6.16. The molecule has 1 spiro atoms. The smallest absolute Gasteiger partial charge is 0.0783 e. The first-order valence-electron chi connectivity index (χ1n) is 7.83. The number of nitrogens with zero attached hydrogens (tertiary/aromatic N) is 1. The van der Waals surface area contributed by atoms with Crippen molar-refractivity contribution in [3.8, 4) is 0 Å². The van der Waals surface area contributed by atoms with Gasteiger partial charge < -0.3 is 9.64 Å². The van der Waals surface area contributed by atoms with Crippen LogP contribution in [0, 0.1) is 5.92 Å². The normalized spacial score (nSPS) is 35.4. The molecule has 0 saturated carbocycles. The minimum absolute atomic E-state index is 0.0870. The first kappa shape index (κ1) is 16.6. The fourth-order valence-electron chi connectivity index (χ4n) is 3.85. The van der Waals surface area contributed by atoms with Crippen LogP contribution < -0.4 is 11.3 Å². The van der Waals surface area contributed by atoms with Crippen LogP contribution in [0.1, 0.15) is 39.5 Å². The van der Waals surface area contributed by atoms with Gasteiger partial charge in [-0.2, -0.15) is 11.8 Å². The van der Waals surface area contributed by atoms with Crippen molar-refractivity contribution in [1.82, 2.24) is 10.3 Å². The van der Waals surface area contributed by atoms with Gasteiger partial charge >= 0.3 is 0 Å². The van der Waals surface area contributed by atoms with Crippen LogP contribution in [-0.2, 0) is 4.74 Å². The van der Waals surface area contributed by atoms with E-state index in [2.05, 4.69) is 38.3 Å². The van der Waals surface area contributed by atoms with Gasteiger partial charge in [0.05, 0.1) is 5.60 Å². The van der Waals surface area contributed by atoms with Crippen molar-refractivity contribution in [1.29, 1.82) is 0 Å². The number of nitrogens with one attached hydrogen (secondary N) is 1. The Hall–Kier alpha value is 0.190. The summed E-state index contributed by atoms with van der Waals surface area (Å²) in [5.41, 5.74) is 3.36. The van der Waals surface area contributed by atoms with E-state index in [-0.39, 0.29) is 11.1 Å². The lowest BCUT2D eigenvalue weighted by Gasteiger charge is -2.49. The molecule has 4 nitrogen and oxygen atoms in total. The average Bonchev–Trinajstić information content (AvgIpc) is 2.87. The van der Waals surface area contributed by atoms with E-state index >= 15 is 0 Å². The number of hydrogen-bond donors (Lipinski definition) is 2. The fraction of sp³-hybridized carbons (Fsp3) is 1.00. The van der Waals surface area contributed by atoms with E-state index in [1.165, 1.54) is 12.2 Å². The molecule has 2 saturated heterocycles. The van der Waals surface area contributed by atoms with Crippen LogP contribution in [0.2, 0.25) is 0 Å². The van der Waals surface area contributed by atoms with E-state index < -0.39 is 0 Å². The Balaban J connectivity index is 2.14. The monoisotopic (exact) mass is 301 g/mol. The van der Waals surface area contributed by atoms with E-state index in [9.17, 15) is 0 Å². The molecule has 5 heteroatoms. The minimum atomic E-state index is 0.0870. The van der Waals surface area contributed by atoms with Crippen LogP contribution in [0.5, 0.6) is 0 Å². The third-order valence-corrected chi connectivity index (χ3v) is 6.88. The molecule has 4 unspecified atom stereocenters. The van der Waals surface area contributed by atoms with Gasteiger partial charge in [0.2, 0.25) is 0 Å². The van der Waals surface area contributed by atoms with E-state index in [1.54, 1.807) is 0 Å². The summed E-state index contributed by atoms with van der Waals surface area (Å²) in [6, 6.07) is 0.314. The molecule has 2 heterocycles. The first-order chi connectivity index (χ1) is 9.47. The van der Waals surface area contributed by atoms with Crippen molar-refractivity contribution in [2.45, 2.75) is 56.7 Å². The lowest BCUT2D eigenvalue weighted by Crippen LogP contribution is -2.63. The van der Waals surface area contributed by atoms with Crippen molar-refractivity contribution < 1.29 is 4.74 Å². The molecular weight excluding hydrogens is 270 g/mol. The quantitative estimate of drug-likeness (QED) is 0.599. The molecule has 2 fully saturated rings. The largest absolute Gasteiger partial charge is 0.374 e. The van der Waals surface area contributed by atoms with Gasteiger partial charge in [0.15, 0.2) is 0 Å². The Labute approximate surface area is 128 Å². The Bertz CT molecular complexity index is 320. The summed E-state index contributed by atoms with van der Waals surface area (Å²) < 4.78 is 6.16. The molecule has 0 aromatic rings. The second kappa shape index (κ2) is 6.53. The molecule has 0 radical (unpaired) electrons. The third kappa shape index (κ3) is 3.02. The van der Waals surface area contributed by atoms with Gasteiger partial charge in [0.25, 0.3) is 0 Å². The Morgan fingerprint density at radius 3 is 2.80 bits per heavy atom. The van der Waals surface area contributed by atoms with Crippen molar-refractivity contribution in [3.63, 3.8) is 0 Å². The van der Waals surface area contributed by atoms with Crippen molar-refractivity contribution in [3.05, 3.63) is 0 Å². The van der Waals surface area contributed by atoms with Crippen LogP contribution in [0.4, 0.5) is 0 Å². The Kier molecular flexibility index (Phi) is 5.40. The molecule has 118 valence electrons. The molecule has 0 amide bonds. The van der Waals surface area contributed by atoms with Crippen LogP contribution >= 0.6 is 11.8 Å². The second-order valence-corrected chi connectivity index (χ2v) is 7.94. The van der Waals surface area contributed by atoms with Crippen molar-refractivity contribution in [2.75, 3.05) is 32.2 Å². The highest BCUT2D eigenvalue weighted by Gasteiger charge is 2.46. The molecule has 0 bridgehead atoms. The molecule has 2 aliphatic heterocycles. The number of thioether (sulfide) groups is 1. The SMILES string of the molecule is CCC(C)(C(NN)C1CCOC2(CCSC2)C1)N(C)C. The zero-order chi connectivity index (χ0) is 14.8. The van der Waals surface area contributed by atoms with Gasteiger partial charge in [0, 0.05) is 23.9 Å². The van der Waals surface area contributed by atoms with E-state index in [0.717, 1.165) is 31.6 Å². The molecule has 0 aliphatic carbocycles. The number of ether oxygens (including phenoxy) is 1. The summed E-state index contributed by atoms with van der Waals surface area (Å²) in [6.07, 6.45) is 4.56. The number of rotatable bonds is 5. The summed E-state index contributed by atoms with van der Waals surface area (Å²) in [4.78, 5) is 2.32. The zero-order valence-corrected chi connectivity index (χ0v) is 14.3. The second-order valence-electron chi connectivity index (χ2n) is 6.84. The van der Waals surface area contributed by atoms with E-state index in [0.29, 0.717) is 12.0 Å². The molecule has 0 aromatic heterocycles. The lowest BCUT2D eigenvalue weighted by atomic mass is 9.73. The molecule has 0 aromatic carbocycles. The van der Waals surface area contributed by atoms with E-state index in [1.807, 2.05) is 11.8 Å². The predicted molar refractivity (Wildman–Crippen MR) is 86.8 cm³/mol. The van der Waals surface area contributed by atoms with Gasteiger partial charge in [-0.3, -0.25) is 11.3 Å². The summed E-state index contributed by atoms with van der Waals surface area (Å²) >= 11 is 2.03. The average molecular weight is 302 g/mol. The van der Waals surface area contributed by atoms with E-state index in [4.69, 9.17) is 10.6 Å². The number of hydrogen-bond acceptors (Lipinski definition) is 5. The molecule has 2 aliphatic rings. The number of hydrazine groups is 1. The van der Waals surface area contributed by atoms with Crippen LogP contribution in [-0.4, -0.2) is 54.3 Å². The Morgan fingerprint density at radius 1 is 1.55 bits per heavy atom. The van der Waals surface area contributed by atoms with Gasteiger partial charge in [-0.25, -0.2) is 0 Å². The molecule has 4 atom stereocenters. The lowest BCUT2D eigenvalue weighted by molar-refractivity contribution is -0.0951. The topological polar surface area (TPSA) is 50.5 Å². The van der Waals surface area contributed by atoms with Crippen LogP contribution in [0.15, 0.2) is 0 Å². The fourth-order valence-corrected chi connectivity index (χ4v) is 5.23. The maximum atomic E-state index is 6.16. The Morgan fingerprint density at radius 2 is 2.30 bits per heavy atom. The van der Waals surface area contributed by atoms with Crippen molar-refractivity contribution in [2.24, 2.45) is 11.8 Å². The number of likely N-dealkylation sites (N-methyl/N-ethyl adjacent to an activating group) is 1.